The quantitative estimate of drug-likeness (QED) is 0.629. The maximum Gasteiger partial charge on any atom is 0.269 e. The molecule has 1 heterocycles. The van der Waals surface area contributed by atoms with Crippen molar-refractivity contribution in [3.63, 3.8) is 0 Å². The first-order chi connectivity index (χ1) is 13.0. The molecule has 0 saturated heterocycles. The Morgan fingerprint density at radius 2 is 1.81 bits per heavy atom. The molecule has 0 aliphatic rings. The van der Waals surface area contributed by atoms with Crippen molar-refractivity contribution in [1.82, 2.24) is 15.8 Å². The molecule has 0 atom stereocenters. The predicted octanol–water partition coefficient (Wildman–Crippen LogP) is 4.04. The van der Waals surface area contributed by atoms with Gasteiger partial charge in [-0.2, -0.15) is 0 Å². The Morgan fingerprint density at radius 3 is 2.56 bits per heavy atom. The molecule has 2 N–H and O–H groups in total. The molecule has 1 aromatic heterocycles. The largest absolute Gasteiger partial charge is 0.441 e. The van der Waals surface area contributed by atoms with Crippen LogP contribution in [0.5, 0.6) is 0 Å². The fourth-order valence-electron chi connectivity index (χ4n) is 2.31. The average Bonchev–Trinajstić information content (AvgIpc) is 3.14. The van der Waals surface area contributed by atoms with Gasteiger partial charge in [0, 0.05) is 29.0 Å². The van der Waals surface area contributed by atoms with E-state index in [1.165, 1.54) is 0 Å². The van der Waals surface area contributed by atoms with Gasteiger partial charge in [0.25, 0.3) is 5.91 Å². The third kappa shape index (κ3) is 5.09. The van der Waals surface area contributed by atoms with Crippen LogP contribution in [0.1, 0.15) is 22.7 Å². The molecule has 2 aromatic carbocycles. The Hall–Kier alpha value is -2.83. The van der Waals surface area contributed by atoms with Crippen molar-refractivity contribution in [3.8, 4) is 11.3 Å². The minimum Gasteiger partial charge on any atom is -0.441 e. The number of nitrogens with one attached hydrogen (secondary N) is 2. The zero-order chi connectivity index (χ0) is 19.2. The minimum atomic E-state index is -0.389. The fourth-order valence-corrected chi connectivity index (χ4v) is 2.81. The van der Waals surface area contributed by atoms with Gasteiger partial charge < -0.3 is 4.42 Å². The van der Waals surface area contributed by atoms with E-state index in [0.29, 0.717) is 32.8 Å². The first-order valence-corrected chi connectivity index (χ1v) is 8.83. The molecular weight excluding hydrogens is 389 g/mol. The predicted molar refractivity (Wildman–Crippen MR) is 102 cm³/mol. The molecule has 27 heavy (non-hydrogen) atoms. The molecule has 138 valence electrons. The summed E-state index contributed by atoms with van der Waals surface area (Å²) in [6.45, 7) is 0. The van der Waals surface area contributed by atoms with Crippen molar-refractivity contribution in [3.05, 3.63) is 76.2 Å². The molecule has 0 unspecified atom stereocenters. The van der Waals surface area contributed by atoms with Gasteiger partial charge in [-0.3, -0.25) is 20.4 Å². The van der Waals surface area contributed by atoms with Crippen molar-refractivity contribution in [2.45, 2.75) is 12.8 Å². The highest BCUT2D eigenvalue weighted by atomic mass is 35.5. The number of carbonyl (C=O) groups is 2. The second kappa shape index (κ2) is 8.70. The Labute approximate surface area is 165 Å². The van der Waals surface area contributed by atoms with Gasteiger partial charge in [-0.25, -0.2) is 4.98 Å². The third-order valence-electron chi connectivity index (χ3n) is 3.67. The lowest BCUT2D eigenvalue weighted by molar-refractivity contribution is -0.121. The van der Waals surface area contributed by atoms with Crippen molar-refractivity contribution >= 4 is 35.0 Å². The number of benzene rings is 2. The van der Waals surface area contributed by atoms with Crippen LogP contribution in [-0.2, 0) is 11.2 Å². The van der Waals surface area contributed by atoms with Crippen LogP contribution >= 0.6 is 23.2 Å². The highest BCUT2D eigenvalue weighted by Crippen LogP contribution is 2.30. The van der Waals surface area contributed by atoms with Crippen LogP contribution in [0, 0.1) is 0 Å². The molecule has 3 rings (SSSR count). The summed E-state index contributed by atoms with van der Waals surface area (Å²) in [5, 5.41) is 0.976. The number of aromatic nitrogens is 1. The summed E-state index contributed by atoms with van der Waals surface area (Å²) in [6, 6.07) is 13.6. The van der Waals surface area contributed by atoms with Gasteiger partial charge in [0.05, 0.1) is 11.2 Å². The normalized spacial score (nSPS) is 10.4. The van der Waals surface area contributed by atoms with Crippen LogP contribution in [0.3, 0.4) is 0 Å². The lowest BCUT2D eigenvalue weighted by Crippen LogP contribution is -2.41. The Bertz CT molecular complexity index is 958. The zero-order valence-corrected chi connectivity index (χ0v) is 15.6. The van der Waals surface area contributed by atoms with Crippen molar-refractivity contribution in [2.24, 2.45) is 0 Å². The van der Waals surface area contributed by atoms with E-state index in [-0.39, 0.29) is 24.7 Å². The molecule has 0 aliphatic heterocycles. The second-order valence-electron chi connectivity index (χ2n) is 5.61. The standard InChI is InChI=1S/C19H15Cl2N3O3/c20-13-6-7-14(15(21)10-13)16-11-22-18(27-16)9-8-17(25)23-24-19(26)12-4-2-1-3-5-12/h1-7,10-11H,8-9H2,(H,23,25)(H,24,26). The van der Waals surface area contributed by atoms with Crippen LogP contribution in [0.2, 0.25) is 10.0 Å². The number of oxazole rings is 1. The van der Waals surface area contributed by atoms with Crippen LogP contribution < -0.4 is 10.9 Å². The van der Waals surface area contributed by atoms with E-state index in [0.717, 1.165) is 0 Å². The van der Waals surface area contributed by atoms with Gasteiger partial charge in [-0.15, -0.1) is 0 Å². The number of nitrogens with zero attached hydrogens (tertiary/aromatic N) is 1. The van der Waals surface area contributed by atoms with Gasteiger partial charge in [0.1, 0.15) is 0 Å². The van der Waals surface area contributed by atoms with E-state index in [4.69, 9.17) is 27.6 Å². The minimum absolute atomic E-state index is 0.101. The van der Waals surface area contributed by atoms with Gasteiger partial charge in [0.15, 0.2) is 11.7 Å². The number of rotatable bonds is 5. The summed E-state index contributed by atoms with van der Waals surface area (Å²) in [6.07, 6.45) is 1.92. The number of hydrogen-bond donors (Lipinski definition) is 2. The van der Waals surface area contributed by atoms with E-state index in [1.54, 1.807) is 54.7 Å². The Balaban J connectivity index is 1.51. The van der Waals surface area contributed by atoms with E-state index < -0.39 is 0 Å². The summed E-state index contributed by atoms with van der Waals surface area (Å²) in [5.41, 5.74) is 5.84. The molecule has 0 fully saturated rings. The molecule has 0 bridgehead atoms. The van der Waals surface area contributed by atoms with Gasteiger partial charge in [-0.1, -0.05) is 41.4 Å². The smallest absolute Gasteiger partial charge is 0.269 e. The van der Waals surface area contributed by atoms with Crippen molar-refractivity contribution < 1.29 is 14.0 Å². The van der Waals surface area contributed by atoms with E-state index >= 15 is 0 Å². The van der Waals surface area contributed by atoms with E-state index in [2.05, 4.69) is 15.8 Å². The summed E-state index contributed by atoms with van der Waals surface area (Å²) in [4.78, 5) is 27.9. The lowest BCUT2D eigenvalue weighted by Gasteiger charge is -2.06. The molecular formula is C19H15Cl2N3O3. The maximum absolute atomic E-state index is 11.9. The van der Waals surface area contributed by atoms with Gasteiger partial charge in [0.2, 0.25) is 5.91 Å². The molecule has 0 radical (unpaired) electrons. The molecule has 6 nitrogen and oxygen atoms in total. The molecule has 0 spiro atoms. The second-order valence-corrected chi connectivity index (χ2v) is 6.45. The number of carbonyl (C=O) groups excluding carboxylic acids is 2. The van der Waals surface area contributed by atoms with E-state index in [1.807, 2.05) is 0 Å². The average molecular weight is 404 g/mol. The Morgan fingerprint density at radius 1 is 1.04 bits per heavy atom. The molecule has 2 amide bonds. The fraction of sp³-hybridized carbons (Fsp3) is 0.105. The number of hydrogen-bond acceptors (Lipinski definition) is 4. The highest BCUT2D eigenvalue weighted by molar-refractivity contribution is 6.36. The van der Waals surface area contributed by atoms with Crippen LogP contribution in [-0.4, -0.2) is 16.8 Å². The Kier molecular flexibility index (Phi) is 6.11. The number of aryl methyl sites for hydroxylation is 1. The lowest BCUT2D eigenvalue weighted by atomic mass is 10.2. The monoisotopic (exact) mass is 403 g/mol. The van der Waals surface area contributed by atoms with Crippen molar-refractivity contribution in [1.29, 1.82) is 0 Å². The summed E-state index contributed by atoms with van der Waals surface area (Å²) in [7, 11) is 0. The molecule has 0 aliphatic carbocycles. The maximum atomic E-state index is 11.9. The van der Waals surface area contributed by atoms with Gasteiger partial charge in [-0.05, 0) is 30.3 Å². The first kappa shape index (κ1) is 18.9. The molecule has 3 aromatic rings. The molecule has 8 heteroatoms. The van der Waals surface area contributed by atoms with Crippen LogP contribution in [0.4, 0.5) is 0 Å². The summed E-state index contributed by atoms with van der Waals surface area (Å²) in [5.74, 6) is 0.133. The number of amides is 2. The molecule has 0 saturated carbocycles. The number of hydrazine groups is 1. The SMILES string of the molecule is O=C(CCc1ncc(-c2ccc(Cl)cc2Cl)o1)NNC(=O)c1ccccc1. The summed E-state index contributed by atoms with van der Waals surface area (Å²) < 4.78 is 5.63. The van der Waals surface area contributed by atoms with Crippen LogP contribution in [0.15, 0.2) is 59.1 Å². The number of halogens is 2. The van der Waals surface area contributed by atoms with Crippen molar-refractivity contribution in [2.75, 3.05) is 0 Å². The summed E-state index contributed by atoms with van der Waals surface area (Å²) >= 11 is 12.0. The first-order valence-electron chi connectivity index (χ1n) is 8.07. The van der Waals surface area contributed by atoms with E-state index in [9.17, 15) is 9.59 Å². The highest BCUT2D eigenvalue weighted by Gasteiger charge is 2.12. The zero-order valence-electron chi connectivity index (χ0n) is 14.0. The van der Waals surface area contributed by atoms with Gasteiger partial charge >= 0.3 is 0 Å². The third-order valence-corrected chi connectivity index (χ3v) is 4.22. The topological polar surface area (TPSA) is 84.2 Å². The van der Waals surface area contributed by atoms with Crippen LogP contribution in [0.25, 0.3) is 11.3 Å².